The lowest BCUT2D eigenvalue weighted by atomic mass is 9.97. The van der Waals surface area contributed by atoms with E-state index in [9.17, 15) is 18.0 Å². The van der Waals surface area contributed by atoms with Gasteiger partial charge in [0.1, 0.15) is 0 Å². The van der Waals surface area contributed by atoms with Crippen molar-refractivity contribution >= 4 is 5.91 Å². The molecule has 1 fully saturated rings. The van der Waals surface area contributed by atoms with E-state index in [0.29, 0.717) is 18.8 Å². The van der Waals surface area contributed by atoms with Crippen LogP contribution in [0.3, 0.4) is 0 Å². The minimum absolute atomic E-state index is 0.0732. The number of alkyl halides is 3. The molecule has 122 valence electrons. The first-order chi connectivity index (χ1) is 10.9. The summed E-state index contributed by atoms with van der Waals surface area (Å²) in [5.74, 6) is -1.33. The van der Waals surface area contributed by atoms with Crippen LogP contribution in [0.25, 0.3) is 5.82 Å². The van der Waals surface area contributed by atoms with Crippen LogP contribution >= 0.6 is 0 Å². The standard InChI is InChI=1S/C15H15F3N4O/c16-15(17,18)12-3-1-7-21(10-12)14(23)11-4-5-13(19-9-11)22-8-2-6-20-22/h2,4-6,8-9,12H,1,3,7,10H2. The van der Waals surface area contributed by atoms with Crippen LogP contribution in [0.1, 0.15) is 23.2 Å². The van der Waals surface area contributed by atoms with Gasteiger partial charge in [-0.25, -0.2) is 9.67 Å². The molecular weight excluding hydrogens is 309 g/mol. The first kappa shape index (κ1) is 15.5. The van der Waals surface area contributed by atoms with Crippen LogP contribution in [0.2, 0.25) is 0 Å². The molecule has 5 nitrogen and oxygen atoms in total. The summed E-state index contributed by atoms with van der Waals surface area (Å²) in [6.45, 7) is 0.0512. The average molecular weight is 324 g/mol. The van der Waals surface area contributed by atoms with Gasteiger partial charge in [0.25, 0.3) is 5.91 Å². The van der Waals surface area contributed by atoms with Gasteiger partial charge in [0.2, 0.25) is 0 Å². The van der Waals surface area contributed by atoms with Crippen molar-refractivity contribution in [1.29, 1.82) is 0 Å². The number of carbonyl (C=O) groups is 1. The van der Waals surface area contributed by atoms with Crippen LogP contribution in [0.5, 0.6) is 0 Å². The predicted octanol–water partition coefficient (Wildman–Crippen LogP) is 2.68. The summed E-state index contributed by atoms with van der Waals surface area (Å²) < 4.78 is 40.0. The Kier molecular flexibility index (Phi) is 4.06. The molecule has 1 amide bonds. The lowest BCUT2D eigenvalue weighted by Gasteiger charge is -2.33. The summed E-state index contributed by atoms with van der Waals surface area (Å²) in [6.07, 6.45) is 0.852. The molecule has 0 spiro atoms. The van der Waals surface area contributed by atoms with Crippen molar-refractivity contribution < 1.29 is 18.0 Å². The fourth-order valence-electron chi connectivity index (χ4n) is 2.66. The largest absolute Gasteiger partial charge is 0.393 e. The van der Waals surface area contributed by atoms with Crippen molar-refractivity contribution in [3.8, 4) is 5.82 Å². The van der Waals surface area contributed by atoms with E-state index in [4.69, 9.17) is 0 Å². The number of piperidine rings is 1. The number of pyridine rings is 1. The Labute approximate surface area is 130 Å². The number of carbonyl (C=O) groups excluding carboxylic acids is 1. The minimum atomic E-state index is -4.26. The fraction of sp³-hybridized carbons (Fsp3) is 0.400. The van der Waals surface area contributed by atoms with Crippen molar-refractivity contribution in [3.05, 3.63) is 42.4 Å². The number of hydrogen-bond acceptors (Lipinski definition) is 3. The molecule has 1 saturated heterocycles. The Morgan fingerprint density at radius 3 is 2.74 bits per heavy atom. The zero-order valence-corrected chi connectivity index (χ0v) is 12.2. The molecule has 0 bridgehead atoms. The van der Waals surface area contributed by atoms with Gasteiger partial charge in [0.15, 0.2) is 5.82 Å². The highest BCUT2D eigenvalue weighted by molar-refractivity contribution is 5.94. The Hall–Kier alpha value is -2.38. The summed E-state index contributed by atoms with van der Waals surface area (Å²) >= 11 is 0. The van der Waals surface area contributed by atoms with Crippen molar-refractivity contribution in [2.24, 2.45) is 5.92 Å². The number of aromatic nitrogens is 3. The van der Waals surface area contributed by atoms with Gasteiger partial charge in [-0.3, -0.25) is 4.79 Å². The fourth-order valence-corrected chi connectivity index (χ4v) is 2.66. The molecule has 23 heavy (non-hydrogen) atoms. The molecule has 1 unspecified atom stereocenters. The highest BCUT2D eigenvalue weighted by Gasteiger charge is 2.42. The molecule has 0 saturated carbocycles. The first-order valence-electron chi connectivity index (χ1n) is 7.27. The van der Waals surface area contributed by atoms with E-state index >= 15 is 0 Å². The second-order valence-corrected chi connectivity index (χ2v) is 5.49. The zero-order valence-electron chi connectivity index (χ0n) is 12.2. The van der Waals surface area contributed by atoms with E-state index in [1.54, 1.807) is 30.6 Å². The first-order valence-corrected chi connectivity index (χ1v) is 7.27. The average Bonchev–Trinajstić information content (AvgIpc) is 3.08. The van der Waals surface area contributed by atoms with E-state index in [-0.39, 0.29) is 18.5 Å². The van der Waals surface area contributed by atoms with Gasteiger partial charge in [-0.2, -0.15) is 18.3 Å². The normalized spacial score (nSPS) is 18.9. The van der Waals surface area contributed by atoms with Crippen LogP contribution < -0.4 is 0 Å². The smallest absolute Gasteiger partial charge is 0.338 e. The van der Waals surface area contributed by atoms with Gasteiger partial charge in [-0.15, -0.1) is 0 Å². The van der Waals surface area contributed by atoms with Crippen molar-refractivity contribution in [1.82, 2.24) is 19.7 Å². The molecule has 8 heteroatoms. The predicted molar refractivity (Wildman–Crippen MR) is 76.0 cm³/mol. The highest BCUT2D eigenvalue weighted by Crippen LogP contribution is 2.33. The maximum Gasteiger partial charge on any atom is 0.393 e. The van der Waals surface area contributed by atoms with Crippen LogP contribution in [0, 0.1) is 5.92 Å². The van der Waals surface area contributed by atoms with E-state index in [1.165, 1.54) is 15.8 Å². The third-order valence-corrected chi connectivity index (χ3v) is 3.91. The molecule has 0 aromatic carbocycles. The van der Waals surface area contributed by atoms with Gasteiger partial charge in [-0.05, 0) is 31.0 Å². The molecule has 0 N–H and O–H groups in total. The summed E-state index contributed by atoms with van der Waals surface area (Å²) in [4.78, 5) is 17.8. The van der Waals surface area contributed by atoms with Gasteiger partial charge in [-0.1, -0.05) is 0 Å². The van der Waals surface area contributed by atoms with Crippen molar-refractivity contribution in [2.75, 3.05) is 13.1 Å². The number of rotatable bonds is 2. The topological polar surface area (TPSA) is 51.0 Å². The molecule has 3 heterocycles. The summed E-state index contributed by atoms with van der Waals surface area (Å²) in [5, 5.41) is 4.02. The van der Waals surface area contributed by atoms with Crippen molar-refractivity contribution in [2.45, 2.75) is 19.0 Å². The zero-order chi connectivity index (χ0) is 16.4. The second kappa shape index (κ2) is 6.02. The quantitative estimate of drug-likeness (QED) is 0.853. The van der Waals surface area contributed by atoms with Crippen LogP contribution in [-0.2, 0) is 0 Å². The van der Waals surface area contributed by atoms with Gasteiger partial charge in [0, 0.05) is 31.7 Å². The van der Waals surface area contributed by atoms with Crippen LogP contribution in [-0.4, -0.2) is 44.8 Å². The van der Waals surface area contributed by atoms with E-state index in [0.717, 1.165) is 0 Å². The van der Waals surface area contributed by atoms with Gasteiger partial charge < -0.3 is 4.90 Å². The number of halogens is 3. The Morgan fingerprint density at radius 2 is 2.13 bits per heavy atom. The summed E-state index contributed by atoms with van der Waals surface area (Å²) in [5.41, 5.74) is 0.281. The molecule has 1 atom stereocenters. The Bertz CT molecular complexity index is 667. The van der Waals surface area contributed by atoms with Crippen LogP contribution in [0.4, 0.5) is 13.2 Å². The Morgan fingerprint density at radius 1 is 1.30 bits per heavy atom. The van der Waals surface area contributed by atoms with E-state index in [1.807, 2.05) is 0 Å². The van der Waals surface area contributed by atoms with Crippen molar-refractivity contribution in [3.63, 3.8) is 0 Å². The van der Waals surface area contributed by atoms with Gasteiger partial charge >= 0.3 is 6.18 Å². The molecule has 0 radical (unpaired) electrons. The summed E-state index contributed by atoms with van der Waals surface area (Å²) in [6, 6.07) is 4.92. The molecule has 1 aliphatic heterocycles. The molecule has 2 aromatic heterocycles. The number of amides is 1. The number of nitrogens with zero attached hydrogens (tertiary/aromatic N) is 4. The number of hydrogen-bond donors (Lipinski definition) is 0. The lowest BCUT2D eigenvalue weighted by Crippen LogP contribution is -2.44. The second-order valence-electron chi connectivity index (χ2n) is 5.49. The monoisotopic (exact) mass is 324 g/mol. The molecule has 0 aliphatic carbocycles. The van der Waals surface area contributed by atoms with Crippen LogP contribution in [0.15, 0.2) is 36.8 Å². The van der Waals surface area contributed by atoms with E-state index in [2.05, 4.69) is 10.1 Å². The molecule has 1 aliphatic rings. The van der Waals surface area contributed by atoms with Gasteiger partial charge in [0.05, 0.1) is 11.5 Å². The Balaban J connectivity index is 1.72. The summed E-state index contributed by atoms with van der Waals surface area (Å²) in [7, 11) is 0. The maximum absolute atomic E-state index is 12.8. The van der Waals surface area contributed by atoms with E-state index < -0.39 is 18.0 Å². The number of likely N-dealkylation sites (tertiary alicyclic amines) is 1. The third kappa shape index (κ3) is 3.35. The highest BCUT2D eigenvalue weighted by atomic mass is 19.4. The third-order valence-electron chi connectivity index (χ3n) is 3.91. The SMILES string of the molecule is O=C(c1ccc(-n2cccn2)nc1)N1CCCC(C(F)(F)F)C1. The maximum atomic E-state index is 12.8. The minimum Gasteiger partial charge on any atom is -0.338 e. The molecule has 3 rings (SSSR count). The molecular formula is C15H15F3N4O. The lowest BCUT2D eigenvalue weighted by molar-refractivity contribution is -0.184. The molecule has 2 aromatic rings.